The summed E-state index contributed by atoms with van der Waals surface area (Å²) in [5.41, 5.74) is 1.15. The Balaban J connectivity index is 0.00000261. The smallest absolute Gasteiger partial charge is 0.263 e. The summed E-state index contributed by atoms with van der Waals surface area (Å²) in [6.45, 7) is 1.14. The second-order valence-corrected chi connectivity index (χ2v) is 7.08. The number of carbonyl (C=O) groups is 1. The van der Waals surface area contributed by atoms with E-state index in [2.05, 4.69) is 4.98 Å². The third kappa shape index (κ3) is 4.74. The lowest BCUT2D eigenvalue weighted by atomic mass is 10.1. The van der Waals surface area contributed by atoms with Gasteiger partial charge in [0.2, 0.25) is 0 Å². The summed E-state index contributed by atoms with van der Waals surface area (Å²) in [6.07, 6.45) is 0. The molecule has 3 rings (SSSR count). The highest BCUT2D eigenvalue weighted by atomic mass is 35.5. The number of aromatic nitrogens is 1. The molecule has 2 aromatic carbocycles. The number of thiazole rings is 1. The maximum atomic E-state index is 13.5. The van der Waals surface area contributed by atoms with Gasteiger partial charge in [0.25, 0.3) is 5.91 Å². The lowest BCUT2D eigenvalue weighted by Gasteiger charge is -2.22. The van der Waals surface area contributed by atoms with E-state index in [0.717, 1.165) is 0 Å². The molecule has 0 radical (unpaired) electrons. The number of carbonyl (C=O) groups excluding carboxylic acids is 1. The summed E-state index contributed by atoms with van der Waals surface area (Å²) in [5.74, 6) is 0.00642. The summed E-state index contributed by atoms with van der Waals surface area (Å²) in [5, 5.41) is 0.545. The predicted octanol–water partition coefficient (Wildman–Crippen LogP) is 4.07. The van der Waals surface area contributed by atoms with E-state index in [1.54, 1.807) is 29.2 Å². The zero-order valence-corrected chi connectivity index (χ0v) is 16.9. The van der Waals surface area contributed by atoms with Crippen LogP contribution in [0.3, 0.4) is 0 Å². The molecule has 0 aliphatic carbocycles. The molecule has 0 unspecified atom stereocenters. The summed E-state index contributed by atoms with van der Waals surface area (Å²) in [4.78, 5) is 21.4. The number of hydrogen-bond acceptors (Lipinski definition) is 5. The first-order valence-electron chi connectivity index (χ1n) is 8.15. The molecule has 3 aromatic rings. The molecule has 27 heavy (non-hydrogen) atoms. The molecule has 144 valence electrons. The molecule has 1 amide bonds. The first kappa shape index (κ1) is 21.1. The van der Waals surface area contributed by atoms with Crippen molar-refractivity contribution in [2.45, 2.75) is 0 Å². The first-order chi connectivity index (χ1) is 12.5. The molecule has 0 aliphatic heterocycles. The summed E-state index contributed by atoms with van der Waals surface area (Å²) >= 11 is 1.30. The van der Waals surface area contributed by atoms with E-state index in [1.165, 1.54) is 30.6 Å². The Bertz CT molecular complexity index is 932. The average molecular weight is 410 g/mol. The van der Waals surface area contributed by atoms with E-state index in [1.807, 2.05) is 25.1 Å². The number of ether oxygens (including phenoxy) is 1. The quantitative estimate of drug-likeness (QED) is 0.615. The van der Waals surface area contributed by atoms with Crippen LogP contribution in [-0.2, 0) is 0 Å². The number of nitrogens with zero attached hydrogens (tertiary/aromatic N) is 3. The molecule has 0 aliphatic rings. The Labute approximate surface area is 167 Å². The normalized spacial score (nSPS) is 10.7. The minimum absolute atomic E-state index is 0. The zero-order valence-electron chi connectivity index (χ0n) is 15.3. The molecule has 5 nitrogen and oxygen atoms in total. The molecule has 1 aromatic heterocycles. The Morgan fingerprint density at radius 1 is 1.19 bits per heavy atom. The fourth-order valence-electron chi connectivity index (χ4n) is 2.55. The number of anilines is 1. The van der Waals surface area contributed by atoms with Gasteiger partial charge in [-0.25, -0.2) is 9.37 Å². The van der Waals surface area contributed by atoms with Crippen LogP contribution in [0.25, 0.3) is 10.2 Å². The SMILES string of the molecule is COc1ccccc1C(=O)N(CCN(C)C)c1nc2ccc(F)cc2s1.Cl. The first-order valence-corrected chi connectivity index (χ1v) is 8.97. The molecule has 0 saturated heterocycles. The monoisotopic (exact) mass is 409 g/mol. The van der Waals surface area contributed by atoms with Crippen molar-refractivity contribution in [3.63, 3.8) is 0 Å². The van der Waals surface area contributed by atoms with Gasteiger partial charge in [0.15, 0.2) is 5.13 Å². The van der Waals surface area contributed by atoms with Crippen LogP contribution in [0.1, 0.15) is 10.4 Å². The number of likely N-dealkylation sites (N-methyl/N-ethyl adjacent to an activating group) is 1. The molecule has 0 bridgehead atoms. The molecule has 0 saturated carbocycles. The van der Waals surface area contributed by atoms with Gasteiger partial charge >= 0.3 is 0 Å². The fourth-order valence-corrected chi connectivity index (χ4v) is 3.57. The van der Waals surface area contributed by atoms with E-state index >= 15 is 0 Å². The van der Waals surface area contributed by atoms with Crippen molar-refractivity contribution in [1.29, 1.82) is 0 Å². The number of benzene rings is 2. The Hall–Kier alpha value is -2.22. The second kappa shape index (κ2) is 9.12. The van der Waals surface area contributed by atoms with Crippen molar-refractivity contribution < 1.29 is 13.9 Å². The third-order valence-corrected chi connectivity index (χ3v) is 4.96. The number of halogens is 2. The van der Waals surface area contributed by atoms with Crippen molar-refractivity contribution in [2.75, 3.05) is 39.2 Å². The molecule has 0 spiro atoms. The van der Waals surface area contributed by atoms with Crippen molar-refractivity contribution in [3.05, 3.63) is 53.8 Å². The molecule has 0 fully saturated rings. The minimum atomic E-state index is -0.316. The van der Waals surface area contributed by atoms with Crippen LogP contribution in [0, 0.1) is 5.82 Å². The van der Waals surface area contributed by atoms with Gasteiger partial charge in [-0.05, 0) is 44.4 Å². The highest BCUT2D eigenvalue weighted by molar-refractivity contribution is 7.22. The fraction of sp³-hybridized carbons (Fsp3) is 0.263. The number of amides is 1. The number of para-hydroxylation sites is 1. The van der Waals surface area contributed by atoms with Crippen LogP contribution < -0.4 is 9.64 Å². The maximum absolute atomic E-state index is 13.5. The van der Waals surface area contributed by atoms with Crippen molar-refractivity contribution >= 4 is 45.0 Å². The third-order valence-electron chi connectivity index (χ3n) is 3.92. The molecular weight excluding hydrogens is 389 g/mol. The summed E-state index contributed by atoms with van der Waals surface area (Å²) < 4.78 is 19.5. The average Bonchev–Trinajstić information content (AvgIpc) is 3.04. The predicted molar refractivity (Wildman–Crippen MR) is 110 cm³/mol. The minimum Gasteiger partial charge on any atom is -0.496 e. The standard InChI is InChI=1S/C19H20FN3O2S.ClH/c1-22(2)10-11-23(18(24)14-6-4-5-7-16(14)25-3)19-21-15-9-8-13(20)12-17(15)26-19;/h4-9,12H,10-11H2,1-3H3;1H. The lowest BCUT2D eigenvalue weighted by Crippen LogP contribution is -2.36. The van der Waals surface area contributed by atoms with Crippen LogP contribution in [0.4, 0.5) is 9.52 Å². The second-order valence-electron chi connectivity index (χ2n) is 6.07. The van der Waals surface area contributed by atoms with Gasteiger partial charge in [-0.15, -0.1) is 12.4 Å². The Morgan fingerprint density at radius 2 is 1.93 bits per heavy atom. The van der Waals surface area contributed by atoms with Crippen molar-refractivity contribution in [2.24, 2.45) is 0 Å². The zero-order chi connectivity index (χ0) is 18.7. The molecular formula is C19H21ClFN3O2S. The molecule has 0 N–H and O–H groups in total. The number of hydrogen-bond donors (Lipinski definition) is 0. The summed E-state index contributed by atoms with van der Waals surface area (Å²) in [7, 11) is 5.43. The van der Waals surface area contributed by atoms with Crippen molar-refractivity contribution in [3.8, 4) is 5.75 Å². The van der Waals surface area contributed by atoms with E-state index < -0.39 is 0 Å². The molecule has 1 heterocycles. The van der Waals surface area contributed by atoms with E-state index in [0.29, 0.717) is 39.8 Å². The van der Waals surface area contributed by atoms with E-state index in [-0.39, 0.29) is 24.1 Å². The highest BCUT2D eigenvalue weighted by Crippen LogP contribution is 2.31. The van der Waals surface area contributed by atoms with E-state index in [4.69, 9.17) is 4.74 Å². The van der Waals surface area contributed by atoms with Gasteiger partial charge in [-0.2, -0.15) is 0 Å². The van der Waals surface area contributed by atoms with Crippen LogP contribution in [0.2, 0.25) is 0 Å². The number of rotatable bonds is 6. The van der Waals surface area contributed by atoms with Crippen molar-refractivity contribution in [1.82, 2.24) is 9.88 Å². The lowest BCUT2D eigenvalue weighted by molar-refractivity contribution is 0.0982. The Kier molecular flexibility index (Phi) is 7.12. The van der Waals surface area contributed by atoms with Crippen LogP contribution in [0.5, 0.6) is 5.75 Å². The van der Waals surface area contributed by atoms with Crippen LogP contribution in [-0.4, -0.2) is 50.1 Å². The van der Waals surface area contributed by atoms with Gasteiger partial charge in [0.1, 0.15) is 11.6 Å². The van der Waals surface area contributed by atoms with Gasteiger partial charge < -0.3 is 9.64 Å². The van der Waals surface area contributed by atoms with Gasteiger partial charge in [-0.3, -0.25) is 9.69 Å². The highest BCUT2D eigenvalue weighted by Gasteiger charge is 2.24. The van der Waals surface area contributed by atoms with E-state index in [9.17, 15) is 9.18 Å². The molecule has 0 atom stereocenters. The number of methoxy groups -OCH3 is 1. The van der Waals surface area contributed by atoms with Gasteiger partial charge in [0.05, 0.1) is 22.9 Å². The van der Waals surface area contributed by atoms with Gasteiger partial charge in [-0.1, -0.05) is 23.5 Å². The Morgan fingerprint density at radius 3 is 2.63 bits per heavy atom. The topological polar surface area (TPSA) is 45.7 Å². The van der Waals surface area contributed by atoms with Gasteiger partial charge in [0, 0.05) is 13.1 Å². The number of fused-ring (bicyclic) bond motifs is 1. The van der Waals surface area contributed by atoms with Crippen LogP contribution in [0.15, 0.2) is 42.5 Å². The summed E-state index contributed by atoms with van der Waals surface area (Å²) in [6, 6.07) is 11.5. The maximum Gasteiger partial charge on any atom is 0.263 e. The molecule has 8 heteroatoms. The van der Waals surface area contributed by atoms with Crippen LogP contribution >= 0.6 is 23.7 Å². The largest absolute Gasteiger partial charge is 0.496 e.